The van der Waals surface area contributed by atoms with Crippen LogP contribution in [0.1, 0.15) is 12.0 Å². The lowest BCUT2D eigenvalue weighted by atomic mass is 10.0. The topological polar surface area (TPSA) is 68.2 Å². The largest absolute Gasteiger partial charge is 0.497 e. The lowest BCUT2D eigenvalue weighted by Gasteiger charge is -2.36. The molecule has 1 fully saturated rings. The van der Waals surface area contributed by atoms with Gasteiger partial charge in [0.05, 0.1) is 27.2 Å². The van der Waals surface area contributed by atoms with Crippen LogP contribution in [0.2, 0.25) is 0 Å². The van der Waals surface area contributed by atoms with Gasteiger partial charge in [0, 0.05) is 36.7 Å². The number of carbonyl (C=O) groups is 1. The predicted molar refractivity (Wildman–Crippen MR) is 101 cm³/mol. The minimum absolute atomic E-state index is 0.00689. The van der Waals surface area contributed by atoms with Crippen LogP contribution >= 0.6 is 0 Å². The summed E-state index contributed by atoms with van der Waals surface area (Å²) in [5.74, 6) is -0.490. The number of halogens is 2. The molecule has 2 atom stereocenters. The molecule has 3 rings (SSSR count). The van der Waals surface area contributed by atoms with E-state index in [2.05, 4.69) is 0 Å². The maximum Gasteiger partial charge on any atom is 0.227 e. The molecule has 1 heterocycles. The Balaban J connectivity index is 1.62. The van der Waals surface area contributed by atoms with Gasteiger partial charge in [-0.15, -0.1) is 0 Å². The SMILES string of the molecule is COc1ccc(OC)c(CC(=O)N2CC[C@@H](Oc3cc(F)cc(F)c3)[C@H](O)C2)c1. The maximum atomic E-state index is 13.3. The highest BCUT2D eigenvalue weighted by atomic mass is 19.1. The zero-order valence-corrected chi connectivity index (χ0v) is 16.2. The summed E-state index contributed by atoms with van der Waals surface area (Å²) in [7, 11) is 3.07. The van der Waals surface area contributed by atoms with Crippen LogP contribution in [-0.2, 0) is 11.2 Å². The third kappa shape index (κ3) is 5.14. The first-order chi connectivity index (χ1) is 13.9. The normalized spacial score (nSPS) is 19.0. The van der Waals surface area contributed by atoms with Crippen LogP contribution in [0.15, 0.2) is 36.4 Å². The van der Waals surface area contributed by atoms with Crippen molar-refractivity contribution in [3.63, 3.8) is 0 Å². The van der Waals surface area contributed by atoms with Crippen molar-refractivity contribution in [1.29, 1.82) is 0 Å². The zero-order valence-electron chi connectivity index (χ0n) is 16.2. The third-order valence-electron chi connectivity index (χ3n) is 4.83. The number of aliphatic hydroxyl groups is 1. The van der Waals surface area contributed by atoms with E-state index in [1.165, 1.54) is 12.0 Å². The smallest absolute Gasteiger partial charge is 0.227 e. The number of rotatable bonds is 6. The summed E-state index contributed by atoms with van der Waals surface area (Å²) in [6, 6.07) is 8.08. The third-order valence-corrected chi connectivity index (χ3v) is 4.83. The Morgan fingerprint density at radius 3 is 2.45 bits per heavy atom. The van der Waals surface area contributed by atoms with Gasteiger partial charge in [-0.1, -0.05) is 0 Å². The number of amides is 1. The van der Waals surface area contributed by atoms with Crippen LogP contribution in [0.25, 0.3) is 0 Å². The summed E-state index contributed by atoms with van der Waals surface area (Å²) < 4.78 is 42.7. The molecule has 0 aliphatic carbocycles. The van der Waals surface area contributed by atoms with Crippen molar-refractivity contribution < 1.29 is 32.9 Å². The van der Waals surface area contributed by atoms with Gasteiger partial charge in [0.2, 0.25) is 5.91 Å². The van der Waals surface area contributed by atoms with Crippen molar-refractivity contribution >= 4 is 5.91 Å². The Bertz CT molecular complexity index is 856. The van der Waals surface area contributed by atoms with Gasteiger partial charge in [-0.25, -0.2) is 8.78 Å². The molecule has 0 radical (unpaired) electrons. The fourth-order valence-corrected chi connectivity index (χ4v) is 3.34. The molecule has 1 saturated heterocycles. The second-order valence-corrected chi connectivity index (χ2v) is 6.81. The molecule has 0 aromatic heterocycles. The average Bonchev–Trinajstić information content (AvgIpc) is 2.68. The number of hydrogen-bond donors (Lipinski definition) is 1. The second-order valence-electron chi connectivity index (χ2n) is 6.81. The van der Waals surface area contributed by atoms with Gasteiger partial charge in [-0.3, -0.25) is 4.79 Å². The van der Waals surface area contributed by atoms with Crippen LogP contribution in [0.4, 0.5) is 8.78 Å². The Morgan fingerprint density at radius 2 is 1.83 bits per heavy atom. The summed E-state index contributed by atoms with van der Waals surface area (Å²) in [5.41, 5.74) is 0.681. The average molecular weight is 407 g/mol. The first-order valence-corrected chi connectivity index (χ1v) is 9.19. The molecule has 1 amide bonds. The number of β-amino-alcohol motifs (C(OH)–C–C–N with tert-alkyl or cyclic N) is 1. The van der Waals surface area contributed by atoms with E-state index in [1.807, 2.05) is 0 Å². The molecule has 1 aliphatic heterocycles. The van der Waals surface area contributed by atoms with Crippen LogP contribution < -0.4 is 14.2 Å². The minimum Gasteiger partial charge on any atom is -0.497 e. The molecule has 8 heteroatoms. The van der Waals surface area contributed by atoms with Gasteiger partial charge in [-0.05, 0) is 18.2 Å². The van der Waals surface area contributed by atoms with E-state index < -0.39 is 23.8 Å². The number of carbonyl (C=O) groups excluding carboxylic acids is 1. The van der Waals surface area contributed by atoms with Crippen molar-refractivity contribution in [3.05, 3.63) is 53.6 Å². The number of hydrogen-bond acceptors (Lipinski definition) is 5. The van der Waals surface area contributed by atoms with Gasteiger partial charge < -0.3 is 24.2 Å². The molecule has 6 nitrogen and oxygen atoms in total. The molecule has 29 heavy (non-hydrogen) atoms. The van der Waals surface area contributed by atoms with E-state index in [1.54, 1.807) is 25.3 Å². The quantitative estimate of drug-likeness (QED) is 0.797. The molecular weight excluding hydrogens is 384 g/mol. The summed E-state index contributed by atoms with van der Waals surface area (Å²) in [6.07, 6.45) is -1.22. The molecule has 156 valence electrons. The van der Waals surface area contributed by atoms with E-state index in [0.29, 0.717) is 30.0 Å². The van der Waals surface area contributed by atoms with Crippen molar-refractivity contribution in [3.8, 4) is 17.2 Å². The maximum absolute atomic E-state index is 13.3. The van der Waals surface area contributed by atoms with E-state index >= 15 is 0 Å². The number of aliphatic hydroxyl groups excluding tert-OH is 1. The number of benzene rings is 2. The van der Waals surface area contributed by atoms with Crippen LogP contribution in [0.3, 0.4) is 0 Å². The Morgan fingerprint density at radius 1 is 1.10 bits per heavy atom. The summed E-state index contributed by atoms with van der Waals surface area (Å²) in [4.78, 5) is 14.3. The number of piperidine rings is 1. The predicted octanol–water partition coefficient (Wildman–Crippen LogP) is 2.57. The van der Waals surface area contributed by atoms with Crippen molar-refractivity contribution in [1.82, 2.24) is 4.90 Å². The van der Waals surface area contributed by atoms with E-state index in [0.717, 1.165) is 18.2 Å². The molecule has 0 saturated carbocycles. The lowest BCUT2D eigenvalue weighted by Crippen LogP contribution is -2.51. The van der Waals surface area contributed by atoms with Crippen LogP contribution in [0, 0.1) is 11.6 Å². The minimum atomic E-state index is -0.980. The first kappa shape index (κ1) is 20.9. The molecule has 0 spiro atoms. The molecule has 2 aromatic rings. The molecule has 0 bridgehead atoms. The van der Waals surface area contributed by atoms with E-state index in [4.69, 9.17) is 14.2 Å². The molecule has 2 aromatic carbocycles. The standard InChI is InChI=1S/C21H23F2NO5/c1-27-16-3-4-19(28-2)13(7-16)8-21(26)24-6-5-20(18(25)12-24)29-17-10-14(22)9-15(23)11-17/h3-4,7,9-11,18,20,25H,5-6,8,12H2,1-2H3/t18-,20-/m1/s1. The van der Waals surface area contributed by atoms with Crippen LogP contribution in [-0.4, -0.2) is 55.4 Å². The highest BCUT2D eigenvalue weighted by molar-refractivity contribution is 5.80. The van der Waals surface area contributed by atoms with Gasteiger partial charge >= 0.3 is 0 Å². The first-order valence-electron chi connectivity index (χ1n) is 9.19. The van der Waals surface area contributed by atoms with Crippen molar-refractivity contribution in [2.24, 2.45) is 0 Å². The summed E-state index contributed by atoms with van der Waals surface area (Å²) >= 11 is 0. The van der Waals surface area contributed by atoms with Gasteiger partial charge in [0.1, 0.15) is 41.1 Å². The molecule has 0 unspecified atom stereocenters. The van der Waals surface area contributed by atoms with Crippen molar-refractivity contribution in [2.45, 2.75) is 25.0 Å². The highest BCUT2D eigenvalue weighted by Crippen LogP contribution is 2.26. The molecule has 1 aliphatic rings. The number of ether oxygens (including phenoxy) is 3. The fraction of sp³-hybridized carbons (Fsp3) is 0.381. The Kier molecular flexibility index (Phi) is 6.53. The second kappa shape index (κ2) is 9.09. The number of methoxy groups -OCH3 is 2. The summed E-state index contributed by atoms with van der Waals surface area (Å²) in [6.45, 7) is 0.415. The van der Waals surface area contributed by atoms with Gasteiger partial charge in [-0.2, -0.15) is 0 Å². The number of likely N-dealkylation sites (tertiary alicyclic amines) is 1. The highest BCUT2D eigenvalue weighted by Gasteiger charge is 2.32. The van der Waals surface area contributed by atoms with Crippen LogP contribution in [0.5, 0.6) is 17.2 Å². The monoisotopic (exact) mass is 407 g/mol. The molecule has 1 N–H and O–H groups in total. The Hall–Kier alpha value is -2.87. The summed E-state index contributed by atoms with van der Waals surface area (Å²) in [5, 5.41) is 10.4. The van der Waals surface area contributed by atoms with Gasteiger partial charge in [0.15, 0.2) is 0 Å². The fourth-order valence-electron chi connectivity index (χ4n) is 3.34. The van der Waals surface area contributed by atoms with E-state index in [9.17, 15) is 18.7 Å². The van der Waals surface area contributed by atoms with Gasteiger partial charge in [0.25, 0.3) is 0 Å². The number of nitrogens with zero attached hydrogens (tertiary/aromatic N) is 1. The Labute approximate surface area is 167 Å². The zero-order chi connectivity index (χ0) is 21.0. The van der Waals surface area contributed by atoms with Crippen molar-refractivity contribution in [2.75, 3.05) is 27.3 Å². The lowest BCUT2D eigenvalue weighted by molar-refractivity contribution is -0.136. The molecular formula is C21H23F2NO5. The van der Waals surface area contributed by atoms with E-state index in [-0.39, 0.29) is 24.6 Å².